The Hall–Kier alpha value is -3.91. The molecule has 8 heteroatoms. The van der Waals surface area contributed by atoms with Crippen LogP contribution in [0.1, 0.15) is 40.2 Å². The highest BCUT2D eigenvalue weighted by Gasteiger charge is 2.62. The molecule has 3 aromatic rings. The Morgan fingerprint density at radius 1 is 0.875 bits per heavy atom. The number of benzene rings is 3. The van der Waals surface area contributed by atoms with Crippen LogP contribution in [0.15, 0.2) is 101 Å². The first-order chi connectivity index (χ1) is 18.8. The van der Waals surface area contributed by atoms with Crippen molar-refractivity contribution in [3.05, 3.63) is 101 Å². The largest absolute Gasteiger partial charge is 0.461 e. The van der Waals surface area contributed by atoms with Crippen molar-refractivity contribution < 1.29 is 32.2 Å². The van der Waals surface area contributed by atoms with Gasteiger partial charge in [-0.25, -0.2) is 13.2 Å². The number of hydrogen-bond donors (Lipinski definition) is 0. The summed E-state index contributed by atoms with van der Waals surface area (Å²) in [7, 11) is -4.19. The van der Waals surface area contributed by atoms with Gasteiger partial charge in [0.25, 0.3) is 0 Å². The maximum Gasteiger partial charge on any atom is 0.350 e. The SMILES string of the molecule is CC(C)(C)OC(=O)/C(=C\[C@H]1[C@@H](C(=O)OCc2cccc(Oc3ccccc3)c2)C1(C)C)S(=O)(=O)c1ccccc1. The van der Waals surface area contributed by atoms with Gasteiger partial charge in [-0.2, -0.15) is 0 Å². The highest BCUT2D eigenvalue weighted by molar-refractivity contribution is 7.96. The molecule has 1 fully saturated rings. The first-order valence-corrected chi connectivity index (χ1v) is 14.5. The molecule has 0 bridgehead atoms. The van der Waals surface area contributed by atoms with E-state index in [1.165, 1.54) is 18.2 Å². The van der Waals surface area contributed by atoms with Gasteiger partial charge in [-0.15, -0.1) is 0 Å². The summed E-state index contributed by atoms with van der Waals surface area (Å²) in [5.74, 6) is -1.28. The van der Waals surface area contributed by atoms with Crippen LogP contribution in [-0.4, -0.2) is 26.0 Å². The number of para-hydroxylation sites is 1. The van der Waals surface area contributed by atoms with E-state index in [2.05, 4.69) is 0 Å². The van der Waals surface area contributed by atoms with E-state index in [0.717, 1.165) is 5.56 Å². The summed E-state index contributed by atoms with van der Waals surface area (Å²) in [6.07, 6.45) is 1.36. The van der Waals surface area contributed by atoms with Crippen molar-refractivity contribution >= 4 is 21.8 Å². The molecule has 0 saturated heterocycles. The highest BCUT2D eigenvalue weighted by atomic mass is 32.2. The second-order valence-corrected chi connectivity index (χ2v) is 13.3. The molecule has 0 amide bonds. The average Bonchev–Trinajstić information content (AvgIpc) is 3.45. The molecule has 2 atom stereocenters. The van der Waals surface area contributed by atoms with Crippen LogP contribution < -0.4 is 4.74 Å². The number of esters is 2. The lowest BCUT2D eigenvalue weighted by Crippen LogP contribution is -2.27. The molecule has 1 aliphatic rings. The fourth-order valence-electron chi connectivity index (χ4n) is 4.49. The zero-order valence-corrected chi connectivity index (χ0v) is 24.1. The summed E-state index contributed by atoms with van der Waals surface area (Å²) in [4.78, 5) is 25.7. The van der Waals surface area contributed by atoms with Crippen LogP contribution >= 0.6 is 0 Å². The Bertz CT molecular complexity index is 1500. The van der Waals surface area contributed by atoms with Crippen molar-refractivity contribution in [2.45, 2.75) is 51.7 Å². The van der Waals surface area contributed by atoms with Crippen LogP contribution in [0.5, 0.6) is 11.5 Å². The van der Waals surface area contributed by atoms with E-state index in [1.807, 2.05) is 62.4 Å². The summed E-state index contributed by atoms with van der Waals surface area (Å²) in [6, 6.07) is 24.3. The summed E-state index contributed by atoms with van der Waals surface area (Å²) < 4.78 is 43.9. The van der Waals surface area contributed by atoms with Crippen molar-refractivity contribution in [1.82, 2.24) is 0 Å². The molecule has 0 spiro atoms. The van der Waals surface area contributed by atoms with E-state index in [4.69, 9.17) is 14.2 Å². The van der Waals surface area contributed by atoms with E-state index in [-0.39, 0.29) is 11.5 Å². The normalized spacial score (nSPS) is 18.5. The molecule has 0 unspecified atom stereocenters. The fourth-order valence-corrected chi connectivity index (χ4v) is 5.85. The second kappa shape index (κ2) is 11.3. The zero-order valence-electron chi connectivity index (χ0n) is 23.3. The van der Waals surface area contributed by atoms with E-state index in [0.29, 0.717) is 11.5 Å². The number of allylic oxidation sites excluding steroid dienone is 1. The summed E-state index contributed by atoms with van der Waals surface area (Å²) >= 11 is 0. The third-order valence-electron chi connectivity index (χ3n) is 6.70. The molecule has 0 heterocycles. The molecule has 0 aliphatic heterocycles. The van der Waals surface area contributed by atoms with E-state index < -0.39 is 49.5 Å². The first kappa shape index (κ1) is 29.1. The maximum absolute atomic E-state index is 13.5. The Morgan fingerprint density at radius 2 is 1.48 bits per heavy atom. The molecule has 210 valence electrons. The standard InChI is InChI=1S/C32H34O7S/c1-31(2,3)39-29(33)27(40(35,36)25-17-10-7-11-18-25)20-26-28(32(26,4)5)30(34)37-21-22-13-12-16-24(19-22)38-23-14-8-6-9-15-23/h6-20,26,28H,21H2,1-5H3/b27-20+/t26-,28-/m0/s1. The van der Waals surface area contributed by atoms with E-state index >= 15 is 0 Å². The maximum atomic E-state index is 13.5. The van der Waals surface area contributed by atoms with Gasteiger partial charge in [0.1, 0.15) is 23.7 Å². The number of rotatable bonds is 9. The molecule has 4 rings (SSSR count). The van der Waals surface area contributed by atoms with Crippen LogP contribution in [0.3, 0.4) is 0 Å². The lowest BCUT2D eigenvalue weighted by molar-refractivity contribution is -0.149. The van der Waals surface area contributed by atoms with E-state index in [1.54, 1.807) is 45.0 Å². The predicted octanol–water partition coefficient (Wildman–Crippen LogP) is 6.49. The summed E-state index contributed by atoms with van der Waals surface area (Å²) in [5, 5.41) is 0. The van der Waals surface area contributed by atoms with Crippen molar-refractivity contribution in [3.8, 4) is 11.5 Å². The van der Waals surface area contributed by atoms with Crippen molar-refractivity contribution in [2.75, 3.05) is 0 Å². The van der Waals surface area contributed by atoms with Crippen LogP contribution in [0.2, 0.25) is 0 Å². The molecule has 0 N–H and O–H groups in total. The molecule has 0 aromatic heterocycles. The summed E-state index contributed by atoms with van der Waals surface area (Å²) in [6.45, 7) is 8.71. The van der Waals surface area contributed by atoms with Gasteiger partial charge in [0.2, 0.25) is 9.84 Å². The van der Waals surface area contributed by atoms with Crippen LogP contribution in [0.4, 0.5) is 0 Å². The molecular formula is C32H34O7S. The van der Waals surface area contributed by atoms with Gasteiger partial charge in [-0.05, 0) is 74.1 Å². The first-order valence-electron chi connectivity index (χ1n) is 13.0. The lowest BCUT2D eigenvalue weighted by atomic mass is 10.1. The molecule has 3 aromatic carbocycles. The Labute approximate surface area is 235 Å². The minimum atomic E-state index is -4.19. The third-order valence-corrected chi connectivity index (χ3v) is 8.47. The zero-order chi connectivity index (χ0) is 29.1. The minimum Gasteiger partial charge on any atom is -0.461 e. The molecule has 1 aliphatic carbocycles. The molecule has 40 heavy (non-hydrogen) atoms. The number of ether oxygens (including phenoxy) is 3. The van der Waals surface area contributed by atoms with Crippen molar-refractivity contribution in [3.63, 3.8) is 0 Å². The Balaban J connectivity index is 1.52. The van der Waals surface area contributed by atoms with Gasteiger partial charge >= 0.3 is 11.9 Å². The third kappa shape index (κ3) is 6.80. The van der Waals surface area contributed by atoms with E-state index in [9.17, 15) is 18.0 Å². The van der Waals surface area contributed by atoms with Gasteiger partial charge in [0, 0.05) is 0 Å². The lowest BCUT2D eigenvalue weighted by Gasteiger charge is -2.20. The quantitative estimate of drug-likeness (QED) is 0.217. The average molecular weight is 563 g/mol. The Morgan fingerprint density at radius 3 is 2.10 bits per heavy atom. The topological polar surface area (TPSA) is 96.0 Å². The predicted molar refractivity (Wildman–Crippen MR) is 151 cm³/mol. The van der Waals surface area contributed by atoms with Gasteiger partial charge in [0.05, 0.1) is 10.8 Å². The van der Waals surface area contributed by atoms with Gasteiger partial charge in [-0.1, -0.05) is 68.5 Å². The number of sulfone groups is 1. The smallest absolute Gasteiger partial charge is 0.350 e. The number of carbonyl (C=O) groups is 2. The van der Waals surface area contributed by atoms with Crippen LogP contribution in [0, 0.1) is 17.3 Å². The van der Waals surface area contributed by atoms with Gasteiger partial charge in [-0.3, -0.25) is 4.79 Å². The van der Waals surface area contributed by atoms with Crippen LogP contribution in [0.25, 0.3) is 0 Å². The van der Waals surface area contributed by atoms with Crippen molar-refractivity contribution in [2.24, 2.45) is 17.3 Å². The number of hydrogen-bond acceptors (Lipinski definition) is 7. The van der Waals surface area contributed by atoms with Crippen molar-refractivity contribution in [1.29, 1.82) is 0 Å². The molecule has 1 saturated carbocycles. The fraction of sp³-hybridized carbons (Fsp3) is 0.312. The van der Waals surface area contributed by atoms with Crippen LogP contribution in [-0.2, 0) is 35.5 Å². The minimum absolute atomic E-state index is 0.0229. The Kier molecular flexibility index (Phi) is 8.21. The molecule has 0 radical (unpaired) electrons. The van der Waals surface area contributed by atoms with Gasteiger partial charge < -0.3 is 14.2 Å². The molecule has 7 nitrogen and oxygen atoms in total. The number of carbonyl (C=O) groups excluding carboxylic acids is 2. The monoisotopic (exact) mass is 562 g/mol. The summed E-state index contributed by atoms with van der Waals surface area (Å²) in [5.41, 5.74) is -0.777. The highest BCUT2D eigenvalue weighted by Crippen LogP contribution is 2.60. The van der Waals surface area contributed by atoms with Gasteiger partial charge in [0.15, 0.2) is 4.91 Å². The second-order valence-electron chi connectivity index (χ2n) is 11.3. The molecular weight excluding hydrogens is 528 g/mol.